The zero-order valence-electron chi connectivity index (χ0n) is 17.3. The highest BCUT2D eigenvalue weighted by Gasteiger charge is 2.21. The van der Waals surface area contributed by atoms with Gasteiger partial charge in [-0.15, -0.1) is 0 Å². The van der Waals surface area contributed by atoms with Gasteiger partial charge in [0.2, 0.25) is 0 Å². The van der Waals surface area contributed by atoms with Crippen molar-refractivity contribution in [2.75, 3.05) is 20.1 Å². The van der Waals surface area contributed by atoms with Gasteiger partial charge < -0.3 is 9.88 Å². The zero-order chi connectivity index (χ0) is 20.7. The Labute approximate surface area is 175 Å². The van der Waals surface area contributed by atoms with Crippen molar-refractivity contribution in [3.05, 3.63) is 71.0 Å². The molecule has 0 radical (unpaired) electrons. The lowest BCUT2D eigenvalue weighted by Gasteiger charge is -2.28. The van der Waals surface area contributed by atoms with Gasteiger partial charge in [-0.3, -0.25) is 9.48 Å². The number of aryl methyl sites for hydroxylation is 1. The molecule has 0 bridgehead atoms. The van der Waals surface area contributed by atoms with E-state index < -0.39 is 0 Å². The predicted octanol–water partition coefficient (Wildman–Crippen LogP) is 3.80. The predicted molar refractivity (Wildman–Crippen MR) is 119 cm³/mol. The van der Waals surface area contributed by atoms with E-state index >= 15 is 0 Å². The summed E-state index contributed by atoms with van der Waals surface area (Å²) < 4.78 is 1.80. The summed E-state index contributed by atoms with van der Waals surface area (Å²) in [6, 6.07) is 14.3. The highest BCUT2D eigenvalue weighted by atomic mass is 16.1. The third-order valence-corrected chi connectivity index (χ3v) is 6.09. The van der Waals surface area contributed by atoms with Crippen molar-refractivity contribution >= 4 is 10.9 Å². The lowest BCUT2D eigenvalue weighted by molar-refractivity contribution is 0.251. The van der Waals surface area contributed by atoms with Gasteiger partial charge in [0.15, 0.2) is 0 Å². The van der Waals surface area contributed by atoms with E-state index in [4.69, 9.17) is 4.98 Å². The molecule has 2 aromatic carbocycles. The van der Waals surface area contributed by atoms with Crippen LogP contribution in [0, 0.1) is 0 Å². The van der Waals surface area contributed by atoms with E-state index in [0.29, 0.717) is 11.3 Å². The Kier molecular flexibility index (Phi) is 4.71. The van der Waals surface area contributed by atoms with Gasteiger partial charge in [-0.05, 0) is 61.8 Å². The molecule has 1 saturated heterocycles. The number of benzene rings is 2. The van der Waals surface area contributed by atoms with Crippen molar-refractivity contribution < 1.29 is 0 Å². The molecule has 0 atom stereocenters. The molecule has 152 valence electrons. The van der Waals surface area contributed by atoms with Crippen LogP contribution in [0.5, 0.6) is 0 Å². The van der Waals surface area contributed by atoms with E-state index in [2.05, 4.69) is 46.3 Å². The first kappa shape index (κ1) is 18.8. The number of fused-ring (bicyclic) bond motifs is 1. The minimum Gasteiger partial charge on any atom is -0.310 e. The van der Waals surface area contributed by atoms with E-state index in [1.54, 1.807) is 4.68 Å². The minimum atomic E-state index is -0.0530. The Balaban J connectivity index is 1.45. The number of rotatable bonds is 3. The summed E-state index contributed by atoms with van der Waals surface area (Å²) in [7, 11) is 4.05. The molecule has 0 aliphatic carbocycles. The van der Waals surface area contributed by atoms with E-state index in [-0.39, 0.29) is 5.56 Å². The molecule has 1 aliphatic rings. The summed E-state index contributed by atoms with van der Waals surface area (Å²) in [6.07, 6.45) is 5.93. The Morgan fingerprint density at radius 2 is 1.60 bits per heavy atom. The summed E-state index contributed by atoms with van der Waals surface area (Å²) in [6.45, 7) is 2.08. The Bertz CT molecular complexity index is 1250. The zero-order valence-corrected chi connectivity index (χ0v) is 17.3. The first-order valence-electron chi connectivity index (χ1n) is 10.4. The SMILES string of the molecule is CN1CCC(c2nc3ccc(-c4ccc(-c5cnn(C)c5)cc4)cc3c(=O)[nH]2)CC1. The molecular weight excluding hydrogens is 374 g/mol. The van der Waals surface area contributed by atoms with Crippen molar-refractivity contribution in [1.82, 2.24) is 24.6 Å². The molecule has 2 aromatic heterocycles. The minimum absolute atomic E-state index is 0.0530. The number of aromatic amines is 1. The van der Waals surface area contributed by atoms with E-state index in [9.17, 15) is 4.79 Å². The second-order valence-electron chi connectivity index (χ2n) is 8.24. The van der Waals surface area contributed by atoms with Crippen molar-refractivity contribution in [3.63, 3.8) is 0 Å². The average Bonchev–Trinajstić information content (AvgIpc) is 3.20. The van der Waals surface area contributed by atoms with Crippen molar-refractivity contribution in [2.45, 2.75) is 18.8 Å². The molecule has 6 heteroatoms. The van der Waals surface area contributed by atoms with Crippen LogP contribution >= 0.6 is 0 Å². The number of nitrogens with zero attached hydrogens (tertiary/aromatic N) is 4. The maximum atomic E-state index is 12.8. The van der Waals surface area contributed by atoms with Crippen LogP contribution in [0.25, 0.3) is 33.2 Å². The molecule has 0 saturated carbocycles. The molecule has 4 aromatic rings. The van der Waals surface area contributed by atoms with Crippen LogP contribution in [-0.2, 0) is 7.05 Å². The first-order valence-corrected chi connectivity index (χ1v) is 10.4. The van der Waals surface area contributed by atoms with E-state index in [0.717, 1.165) is 59.5 Å². The van der Waals surface area contributed by atoms with Crippen LogP contribution in [0.2, 0.25) is 0 Å². The number of H-pyrrole nitrogens is 1. The fourth-order valence-corrected chi connectivity index (χ4v) is 4.24. The molecule has 30 heavy (non-hydrogen) atoms. The lowest BCUT2D eigenvalue weighted by Crippen LogP contribution is -2.30. The van der Waals surface area contributed by atoms with Gasteiger partial charge >= 0.3 is 0 Å². The van der Waals surface area contributed by atoms with Crippen LogP contribution in [0.3, 0.4) is 0 Å². The number of hydrogen-bond acceptors (Lipinski definition) is 4. The molecular formula is C24H25N5O. The highest BCUT2D eigenvalue weighted by molar-refractivity contribution is 5.84. The van der Waals surface area contributed by atoms with Crippen molar-refractivity contribution in [2.24, 2.45) is 7.05 Å². The summed E-state index contributed by atoms with van der Waals surface area (Å²) in [5, 5.41) is 4.87. The topological polar surface area (TPSA) is 66.8 Å². The smallest absolute Gasteiger partial charge is 0.258 e. The number of likely N-dealkylation sites (tertiary alicyclic amines) is 1. The average molecular weight is 399 g/mol. The van der Waals surface area contributed by atoms with Gasteiger partial charge in [0.25, 0.3) is 5.56 Å². The third-order valence-electron chi connectivity index (χ3n) is 6.09. The molecule has 1 fully saturated rings. The van der Waals surface area contributed by atoms with Crippen molar-refractivity contribution in [3.8, 4) is 22.3 Å². The van der Waals surface area contributed by atoms with Crippen LogP contribution in [0.4, 0.5) is 0 Å². The second-order valence-corrected chi connectivity index (χ2v) is 8.24. The standard InChI is InChI=1S/C24H25N5O/c1-28-11-9-18(10-12-28)23-26-22-8-7-19(13-21(22)24(30)27-23)16-3-5-17(6-4-16)20-14-25-29(2)15-20/h3-8,13-15,18H,9-12H2,1-2H3,(H,26,27,30). The fourth-order valence-electron chi connectivity index (χ4n) is 4.24. The quantitative estimate of drug-likeness (QED) is 0.569. The Morgan fingerprint density at radius 1 is 0.933 bits per heavy atom. The number of nitrogens with one attached hydrogen (secondary N) is 1. The van der Waals surface area contributed by atoms with Crippen LogP contribution in [0.15, 0.2) is 59.7 Å². The van der Waals surface area contributed by atoms with Gasteiger partial charge in [0, 0.05) is 24.7 Å². The van der Waals surface area contributed by atoms with Crippen LogP contribution in [-0.4, -0.2) is 44.8 Å². The molecule has 3 heterocycles. The largest absolute Gasteiger partial charge is 0.310 e. The number of hydrogen-bond donors (Lipinski definition) is 1. The fraction of sp³-hybridized carbons (Fsp3) is 0.292. The van der Waals surface area contributed by atoms with Gasteiger partial charge in [0.1, 0.15) is 5.82 Å². The van der Waals surface area contributed by atoms with Gasteiger partial charge in [-0.25, -0.2) is 4.98 Å². The van der Waals surface area contributed by atoms with Crippen LogP contribution in [0.1, 0.15) is 24.6 Å². The van der Waals surface area contributed by atoms with Gasteiger partial charge in [0.05, 0.1) is 17.1 Å². The number of aromatic nitrogens is 4. The molecule has 0 spiro atoms. The van der Waals surface area contributed by atoms with E-state index in [1.807, 2.05) is 37.6 Å². The summed E-state index contributed by atoms with van der Waals surface area (Å²) in [4.78, 5) is 23.0. The van der Waals surface area contributed by atoms with Crippen molar-refractivity contribution in [1.29, 1.82) is 0 Å². The molecule has 5 rings (SSSR count). The first-order chi connectivity index (χ1) is 14.6. The van der Waals surface area contributed by atoms with E-state index in [1.165, 1.54) is 0 Å². The summed E-state index contributed by atoms with van der Waals surface area (Å²) in [5.41, 5.74) is 5.01. The molecule has 0 unspecified atom stereocenters. The normalized spacial score (nSPS) is 15.7. The van der Waals surface area contributed by atoms with Gasteiger partial charge in [-0.1, -0.05) is 30.3 Å². The molecule has 1 N–H and O–H groups in total. The molecule has 0 amide bonds. The number of piperidine rings is 1. The monoisotopic (exact) mass is 399 g/mol. The maximum absolute atomic E-state index is 12.8. The third kappa shape index (κ3) is 3.55. The maximum Gasteiger partial charge on any atom is 0.258 e. The van der Waals surface area contributed by atoms with Gasteiger partial charge in [-0.2, -0.15) is 5.10 Å². The molecule has 1 aliphatic heterocycles. The Morgan fingerprint density at radius 3 is 2.27 bits per heavy atom. The van der Waals surface area contributed by atoms with Crippen LogP contribution < -0.4 is 5.56 Å². The second kappa shape index (κ2) is 7.54. The Hall–Kier alpha value is -3.25. The summed E-state index contributed by atoms with van der Waals surface area (Å²) >= 11 is 0. The lowest BCUT2D eigenvalue weighted by atomic mass is 9.96. The summed E-state index contributed by atoms with van der Waals surface area (Å²) in [5.74, 6) is 1.16. The highest BCUT2D eigenvalue weighted by Crippen LogP contribution is 2.28. The molecule has 6 nitrogen and oxygen atoms in total.